The average Bonchev–Trinajstić information content (AvgIpc) is 3.05. The molecule has 1 aromatic heterocycles. The zero-order chi connectivity index (χ0) is 20.3. The number of halogens is 1. The number of carbonyl (C=O) groups is 1. The van der Waals surface area contributed by atoms with E-state index in [1.54, 1.807) is 38.1 Å². The molecular weight excluding hydrogens is 421 g/mol. The highest BCUT2D eigenvalue weighted by Gasteiger charge is 2.11. The Morgan fingerprint density at radius 1 is 1.21 bits per heavy atom. The van der Waals surface area contributed by atoms with Gasteiger partial charge in [0.15, 0.2) is 4.34 Å². The summed E-state index contributed by atoms with van der Waals surface area (Å²) in [5.74, 6) is -0.377. The lowest BCUT2D eigenvalue weighted by Gasteiger charge is -2.05. The first-order valence-corrected chi connectivity index (χ1v) is 11.8. The number of hydrogen-bond donors (Lipinski definition) is 2. The Balaban J connectivity index is 1.64. The molecule has 0 aliphatic heterocycles. The normalized spacial score (nSPS) is 11.5. The summed E-state index contributed by atoms with van der Waals surface area (Å²) in [6.07, 6.45) is 0. The Morgan fingerprint density at radius 2 is 1.96 bits per heavy atom. The van der Waals surface area contributed by atoms with Gasteiger partial charge in [0.25, 0.3) is 0 Å². The van der Waals surface area contributed by atoms with Crippen LogP contribution >= 0.6 is 23.1 Å². The fraction of sp³-hybridized carbons (Fsp3) is 0.222. The number of sulfonamides is 1. The number of aromatic nitrogens is 1. The van der Waals surface area contributed by atoms with Gasteiger partial charge >= 0.3 is 0 Å². The standard InChI is InChI=1S/C18H18FN3O3S3/c1-3-28(24,25)22-13-5-7-15-16(9-13)27-18(21-15)26-10-17(23)20-12-4-6-14(19)11(2)8-12/h4-9,22H,3,10H2,1-2H3,(H,20,23). The third-order valence-corrected chi connectivity index (χ3v) is 7.26. The molecule has 0 saturated heterocycles. The number of nitrogens with one attached hydrogen (secondary N) is 2. The lowest BCUT2D eigenvalue weighted by molar-refractivity contribution is -0.113. The average molecular weight is 440 g/mol. The van der Waals surface area contributed by atoms with Crippen molar-refractivity contribution in [2.24, 2.45) is 0 Å². The van der Waals surface area contributed by atoms with Crippen LogP contribution in [0.5, 0.6) is 0 Å². The summed E-state index contributed by atoms with van der Waals surface area (Å²) < 4.78 is 40.7. The summed E-state index contributed by atoms with van der Waals surface area (Å²) >= 11 is 2.67. The molecule has 0 aliphatic rings. The molecule has 1 heterocycles. The fourth-order valence-electron chi connectivity index (χ4n) is 2.33. The van der Waals surface area contributed by atoms with Gasteiger partial charge in [-0.3, -0.25) is 9.52 Å². The van der Waals surface area contributed by atoms with Gasteiger partial charge in [-0.05, 0) is 55.8 Å². The number of benzene rings is 2. The number of hydrogen-bond acceptors (Lipinski definition) is 6. The molecule has 28 heavy (non-hydrogen) atoms. The largest absolute Gasteiger partial charge is 0.325 e. The molecule has 0 bridgehead atoms. The van der Waals surface area contributed by atoms with Crippen molar-refractivity contribution in [3.63, 3.8) is 0 Å². The van der Waals surface area contributed by atoms with Gasteiger partial charge in [0.05, 0.1) is 27.4 Å². The van der Waals surface area contributed by atoms with Gasteiger partial charge in [-0.2, -0.15) is 0 Å². The molecule has 0 aliphatic carbocycles. The highest BCUT2D eigenvalue weighted by molar-refractivity contribution is 8.01. The van der Waals surface area contributed by atoms with Crippen molar-refractivity contribution in [2.45, 2.75) is 18.2 Å². The number of nitrogens with zero attached hydrogens (tertiary/aromatic N) is 1. The second-order valence-corrected chi connectivity index (χ2v) is 10.2. The van der Waals surface area contributed by atoms with Crippen molar-refractivity contribution in [3.8, 4) is 0 Å². The van der Waals surface area contributed by atoms with Crippen LogP contribution < -0.4 is 10.0 Å². The number of fused-ring (bicyclic) bond motifs is 1. The monoisotopic (exact) mass is 439 g/mol. The number of thiazole rings is 1. The number of aryl methyl sites for hydroxylation is 1. The van der Waals surface area contributed by atoms with E-state index in [0.717, 1.165) is 10.2 Å². The highest BCUT2D eigenvalue weighted by Crippen LogP contribution is 2.31. The lowest BCUT2D eigenvalue weighted by Crippen LogP contribution is -2.14. The molecule has 10 heteroatoms. The van der Waals surface area contributed by atoms with E-state index >= 15 is 0 Å². The maximum absolute atomic E-state index is 13.3. The molecule has 148 valence electrons. The SMILES string of the molecule is CCS(=O)(=O)Nc1ccc2nc(SCC(=O)Nc3ccc(F)c(C)c3)sc2c1. The van der Waals surface area contributed by atoms with Crippen LogP contribution in [0.25, 0.3) is 10.2 Å². The molecule has 2 N–H and O–H groups in total. The first-order chi connectivity index (χ1) is 13.3. The van der Waals surface area contributed by atoms with Gasteiger partial charge < -0.3 is 5.32 Å². The molecular formula is C18H18FN3O3S3. The van der Waals surface area contributed by atoms with E-state index in [1.807, 2.05) is 0 Å². The predicted molar refractivity (Wildman–Crippen MR) is 113 cm³/mol. The fourth-order valence-corrected chi connectivity index (χ4v) is 4.87. The number of rotatable bonds is 7. The molecule has 0 unspecified atom stereocenters. The van der Waals surface area contributed by atoms with E-state index in [9.17, 15) is 17.6 Å². The smallest absolute Gasteiger partial charge is 0.234 e. The minimum atomic E-state index is -3.34. The molecule has 0 atom stereocenters. The summed E-state index contributed by atoms with van der Waals surface area (Å²) in [6, 6.07) is 9.54. The number of thioether (sulfide) groups is 1. The number of anilines is 2. The van der Waals surface area contributed by atoms with Gasteiger partial charge in [0.1, 0.15) is 5.82 Å². The van der Waals surface area contributed by atoms with Crippen molar-refractivity contribution in [1.29, 1.82) is 0 Å². The Bertz CT molecular complexity index is 1130. The zero-order valence-electron chi connectivity index (χ0n) is 15.2. The van der Waals surface area contributed by atoms with E-state index in [1.165, 1.54) is 35.2 Å². The topological polar surface area (TPSA) is 88.2 Å². The van der Waals surface area contributed by atoms with Crippen molar-refractivity contribution in [1.82, 2.24) is 4.98 Å². The van der Waals surface area contributed by atoms with Gasteiger partial charge in [-0.1, -0.05) is 11.8 Å². The molecule has 6 nitrogen and oxygen atoms in total. The molecule has 1 amide bonds. The minimum Gasteiger partial charge on any atom is -0.325 e. The third-order valence-electron chi connectivity index (χ3n) is 3.79. The summed E-state index contributed by atoms with van der Waals surface area (Å²) in [6.45, 7) is 3.20. The van der Waals surface area contributed by atoms with Crippen LogP contribution in [0.15, 0.2) is 40.7 Å². The summed E-state index contributed by atoms with van der Waals surface area (Å²) in [4.78, 5) is 16.6. The Morgan fingerprint density at radius 3 is 2.68 bits per heavy atom. The van der Waals surface area contributed by atoms with Gasteiger partial charge in [0, 0.05) is 5.69 Å². The lowest BCUT2D eigenvalue weighted by atomic mass is 10.2. The molecule has 2 aromatic carbocycles. The van der Waals surface area contributed by atoms with Crippen molar-refractivity contribution < 1.29 is 17.6 Å². The Kier molecular flexibility index (Phi) is 6.21. The number of amides is 1. The van der Waals surface area contributed by atoms with E-state index < -0.39 is 10.0 Å². The maximum atomic E-state index is 13.3. The first-order valence-electron chi connectivity index (χ1n) is 8.35. The predicted octanol–water partition coefficient (Wildman–Crippen LogP) is 4.24. The zero-order valence-corrected chi connectivity index (χ0v) is 17.6. The maximum Gasteiger partial charge on any atom is 0.234 e. The van der Waals surface area contributed by atoms with E-state index in [-0.39, 0.29) is 23.2 Å². The Hall–Kier alpha value is -2.17. The van der Waals surface area contributed by atoms with Crippen molar-refractivity contribution in [2.75, 3.05) is 21.5 Å². The summed E-state index contributed by atoms with van der Waals surface area (Å²) in [7, 11) is -3.34. The quantitative estimate of drug-likeness (QED) is 0.538. The molecule has 0 radical (unpaired) electrons. The van der Waals surface area contributed by atoms with Crippen LogP contribution in [0, 0.1) is 12.7 Å². The van der Waals surface area contributed by atoms with Crippen LogP contribution in [0.2, 0.25) is 0 Å². The van der Waals surface area contributed by atoms with Crippen LogP contribution in [-0.4, -0.2) is 30.8 Å². The van der Waals surface area contributed by atoms with Crippen LogP contribution in [-0.2, 0) is 14.8 Å². The molecule has 0 spiro atoms. The Labute approximate surface area is 170 Å². The van der Waals surface area contributed by atoms with Crippen molar-refractivity contribution >= 4 is 60.6 Å². The second-order valence-electron chi connectivity index (χ2n) is 5.97. The molecule has 3 rings (SSSR count). The first kappa shape index (κ1) is 20.6. The van der Waals surface area contributed by atoms with Crippen LogP contribution in [0.1, 0.15) is 12.5 Å². The van der Waals surface area contributed by atoms with Crippen molar-refractivity contribution in [3.05, 3.63) is 47.8 Å². The van der Waals surface area contributed by atoms with Gasteiger partial charge in [0.2, 0.25) is 15.9 Å². The van der Waals surface area contributed by atoms with E-state index in [4.69, 9.17) is 0 Å². The molecule has 3 aromatic rings. The molecule has 0 fully saturated rings. The van der Waals surface area contributed by atoms with Crippen LogP contribution in [0.4, 0.5) is 15.8 Å². The number of carbonyl (C=O) groups excluding carboxylic acids is 1. The van der Waals surface area contributed by atoms with E-state index in [2.05, 4.69) is 15.0 Å². The van der Waals surface area contributed by atoms with E-state index in [0.29, 0.717) is 21.3 Å². The summed E-state index contributed by atoms with van der Waals surface area (Å²) in [5, 5.41) is 2.73. The second kappa shape index (κ2) is 8.46. The van der Waals surface area contributed by atoms with Gasteiger partial charge in [-0.15, -0.1) is 11.3 Å². The van der Waals surface area contributed by atoms with Crippen LogP contribution in [0.3, 0.4) is 0 Å². The third kappa shape index (κ3) is 5.21. The van der Waals surface area contributed by atoms with Gasteiger partial charge in [-0.25, -0.2) is 17.8 Å². The minimum absolute atomic E-state index is 0.00246. The highest BCUT2D eigenvalue weighted by atomic mass is 32.2. The summed E-state index contributed by atoms with van der Waals surface area (Å²) in [5.41, 5.74) is 2.23. The molecule has 0 saturated carbocycles.